The maximum atomic E-state index is 8.05. The summed E-state index contributed by atoms with van der Waals surface area (Å²) in [7, 11) is 0. The average Bonchev–Trinajstić information content (AvgIpc) is 2.14. The summed E-state index contributed by atoms with van der Waals surface area (Å²) in [4.78, 5) is 0. The van der Waals surface area contributed by atoms with Gasteiger partial charge in [0.25, 0.3) is 0 Å². The zero-order chi connectivity index (χ0) is 12.8. The smallest absolute Gasteiger partial charge is 0.0269 e. The molecule has 0 heteroatoms. The molecule has 0 spiro atoms. The summed E-state index contributed by atoms with van der Waals surface area (Å²) in [6.07, 6.45) is 1.34. The predicted molar refractivity (Wildman–Crippen MR) is 57.4 cm³/mol. The van der Waals surface area contributed by atoms with Gasteiger partial charge >= 0.3 is 0 Å². The second kappa shape index (κ2) is 9.09. The molecule has 74 valence electrons. The van der Waals surface area contributed by atoms with Gasteiger partial charge in [-0.25, -0.2) is 0 Å². The van der Waals surface area contributed by atoms with Crippen molar-refractivity contribution >= 4 is 0 Å². The predicted octanol–water partition coefficient (Wildman–Crippen LogP) is 4.78. The molecule has 0 N–H and O–H groups in total. The Labute approximate surface area is 84.4 Å². The van der Waals surface area contributed by atoms with E-state index in [-0.39, 0.29) is 0 Å². The fourth-order valence-corrected chi connectivity index (χ4v) is 1.13. The van der Waals surface area contributed by atoms with Crippen LogP contribution in [-0.4, -0.2) is 0 Å². The van der Waals surface area contributed by atoms with Crippen LogP contribution in [0.3, 0.4) is 0 Å². The number of hydrogen-bond acceptors (Lipinski definition) is 0. The van der Waals surface area contributed by atoms with Crippen molar-refractivity contribution in [3.63, 3.8) is 0 Å². The van der Waals surface area contributed by atoms with Gasteiger partial charge in [0.2, 0.25) is 0 Å². The molecule has 0 aliphatic heterocycles. The van der Waals surface area contributed by atoms with Crippen molar-refractivity contribution in [1.82, 2.24) is 0 Å². The van der Waals surface area contributed by atoms with Crippen LogP contribution >= 0.6 is 0 Å². The Morgan fingerprint density at radius 1 is 0.917 bits per heavy atom. The van der Waals surface area contributed by atoms with E-state index in [2.05, 4.69) is 0 Å². The number of hydrogen-bond donors (Lipinski definition) is 0. The van der Waals surface area contributed by atoms with Crippen molar-refractivity contribution in [3.05, 3.63) is 0 Å². The fraction of sp³-hybridized carbons (Fsp3) is 1.00. The van der Waals surface area contributed by atoms with E-state index in [9.17, 15) is 0 Å². The highest BCUT2D eigenvalue weighted by Crippen LogP contribution is 2.19. The maximum Gasteiger partial charge on any atom is 0.0269 e. The Bertz CT molecular complexity index is 189. The molecular weight excluding hydrogens is 144 g/mol. The van der Waals surface area contributed by atoms with E-state index < -0.39 is 18.7 Å². The van der Waals surface area contributed by atoms with E-state index >= 15 is 0 Å². The Balaban J connectivity index is 4.68. The monoisotopic (exact) mass is 174 g/mol. The summed E-state index contributed by atoms with van der Waals surface area (Å²) >= 11 is 0. The quantitative estimate of drug-likeness (QED) is 0.496. The Morgan fingerprint density at radius 2 is 1.50 bits per heavy atom. The molecule has 0 amide bonds. The summed E-state index contributed by atoms with van der Waals surface area (Å²) in [5.74, 6) is -0.480. The molecule has 1 atom stereocenters. The van der Waals surface area contributed by atoms with Crippen molar-refractivity contribution in [1.29, 1.82) is 0 Å². The van der Waals surface area contributed by atoms with Gasteiger partial charge in [-0.15, -0.1) is 0 Å². The molecule has 0 heterocycles. The highest BCUT2D eigenvalue weighted by atomic mass is 14.1. The highest BCUT2D eigenvalue weighted by molar-refractivity contribution is 4.57. The number of rotatable bonds is 8. The first-order valence-corrected chi connectivity index (χ1v) is 5.31. The molecule has 0 fully saturated rings. The standard InChI is InChI=1S/C12H26/c1-4-7-9-11-12(6-3)10-8-5-2/h12H,4-11H2,1-3H3/i10D2,11D2. The first-order chi connectivity index (χ1) is 7.31. The lowest BCUT2D eigenvalue weighted by Gasteiger charge is -2.13. The molecule has 0 aromatic carbocycles. The lowest BCUT2D eigenvalue weighted by Crippen LogP contribution is -1.98. The Morgan fingerprint density at radius 3 is 2.00 bits per heavy atom. The molecule has 1 unspecified atom stereocenters. The van der Waals surface area contributed by atoms with Gasteiger partial charge in [0.05, 0.1) is 0 Å². The second-order valence-electron chi connectivity index (χ2n) is 3.22. The van der Waals surface area contributed by atoms with Gasteiger partial charge in [-0.1, -0.05) is 72.0 Å². The van der Waals surface area contributed by atoms with E-state index in [0.29, 0.717) is 19.3 Å². The molecule has 0 nitrogen and oxygen atoms in total. The van der Waals surface area contributed by atoms with Crippen molar-refractivity contribution in [2.24, 2.45) is 5.92 Å². The van der Waals surface area contributed by atoms with Gasteiger partial charge in [0.15, 0.2) is 0 Å². The first kappa shape index (κ1) is 6.45. The third kappa shape index (κ3) is 6.69. The van der Waals surface area contributed by atoms with E-state index in [0.717, 1.165) is 19.3 Å². The molecule has 0 saturated heterocycles. The molecule has 0 aliphatic carbocycles. The molecule has 12 heavy (non-hydrogen) atoms. The van der Waals surface area contributed by atoms with Crippen molar-refractivity contribution < 1.29 is 5.48 Å². The van der Waals surface area contributed by atoms with Crippen LogP contribution in [0.15, 0.2) is 0 Å². The average molecular weight is 174 g/mol. The van der Waals surface area contributed by atoms with Crippen LogP contribution in [0.1, 0.15) is 77.5 Å². The molecule has 0 radical (unpaired) electrons. The van der Waals surface area contributed by atoms with Gasteiger partial charge in [0, 0.05) is 5.48 Å². The summed E-state index contributed by atoms with van der Waals surface area (Å²) < 4.78 is 32.1. The molecule has 0 aromatic heterocycles. The van der Waals surface area contributed by atoms with Crippen LogP contribution in [-0.2, 0) is 0 Å². The summed E-state index contributed by atoms with van der Waals surface area (Å²) in [5.41, 5.74) is 0. The summed E-state index contributed by atoms with van der Waals surface area (Å²) in [6, 6.07) is 0. The van der Waals surface area contributed by atoms with Crippen molar-refractivity contribution in [2.45, 2.75) is 72.0 Å². The highest BCUT2D eigenvalue weighted by Gasteiger charge is 2.04. The van der Waals surface area contributed by atoms with Crippen LogP contribution < -0.4 is 0 Å². The van der Waals surface area contributed by atoms with Gasteiger partial charge in [-0.05, 0) is 5.92 Å². The molecule has 0 aromatic rings. The van der Waals surface area contributed by atoms with Crippen LogP contribution in [0.25, 0.3) is 0 Å². The topological polar surface area (TPSA) is 0 Å². The second-order valence-corrected chi connectivity index (χ2v) is 3.22. The minimum atomic E-state index is -1.37. The molecular formula is C12H26. The third-order valence-electron chi connectivity index (χ3n) is 1.97. The van der Waals surface area contributed by atoms with E-state index in [1.807, 2.05) is 20.8 Å². The molecule has 0 saturated carbocycles. The van der Waals surface area contributed by atoms with E-state index in [1.165, 1.54) is 0 Å². The molecule has 0 aliphatic rings. The normalized spacial score (nSPS) is 20.6. The minimum absolute atomic E-state index is 0.455. The minimum Gasteiger partial charge on any atom is -0.0654 e. The third-order valence-corrected chi connectivity index (χ3v) is 1.97. The summed E-state index contributed by atoms with van der Waals surface area (Å²) in [6.45, 7) is 5.88. The molecule has 0 rings (SSSR count). The zero-order valence-electron chi connectivity index (χ0n) is 12.8. The first-order valence-electron chi connectivity index (χ1n) is 7.31. The fourth-order valence-electron chi connectivity index (χ4n) is 1.13. The van der Waals surface area contributed by atoms with Crippen LogP contribution in [0.5, 0.6) is 0 Å². The zero-order valence-corrected chi connectivity index (χ0v) is 8.82. The molecule has 0 bridgehead atoms. The van der Waals surface area contributed by atoms with E-state index in [4.69, 9.17) is 5.48 Å². The van der Waals surface area contributed by atoms with Crippen LogP contribution in [0, 0.1) is 5.92 Å². The Kier molecular flexibility index (Phi) is 4.89. The SMILES string of the molecule is [2H]C([2H])(CCC)C(CC)C([2H])([2H])CCCC. The largest absolute Gasteiger partial charge is 0.0654 e. The van der Waals surface area contributed by atoms with Crippen LogP contribution in [0.4, 0.5) is 0 Å². The number of unbranched alkanes of at least 4 members (excludes halogenated alkanes) is 1. The maximum absolute atomic E-state index is 8.05. The van der Waals surface area contributed by atoms with Crippen molar-refractivity contribution in [3.8, 4) is 0 Å². The van der Waals surface area contributed by atoms with Crippen LogP contribution in [0.2, 0.25) is 0 Å². The van der Waals surface area contributed by atoms with Crippen molar-refractivity contribution in [2.75, 3.05) is 0 Å². The van der Waals surface area contributed by atoms with E-state index in [1.54, 1.807) is 0 Å². The van der Waals surface area contributed by atoms with Gasteiger partial charge in [-0.2, -0.15) is 0 Å². The van der Waals surface area contributed by atoms with Gasteiger partial charge in [0.1, 0.15) is 0 Å². The lowest BCUT2D eigenvalue weighted by molar-refractivity contribution is 0.404. The van der Waals surface area contributed by atoms with Gasteiger partial charge in [-0.3, -0.25) is 0 Å². The lowest BCUT2D eigenvalue weighted by atomic mass is 9.93. The Hall–Kier alpha value is 0. The summed E-state index contributed by atoms with van der Waals surface area (Å²) in [5, 5.41) is 0. The van der Waals surface area contributed by atoms with Gasteiger partial charge < -0.3 is 0 Å².